The first-order valence-electron chi connectivity index (χ1n) is 6.92. The molecule has 110 valence electrons. The number of methoxy groups -OCH3 is 1. The number of rotatable bonds is 4. The molecule has 0 radical (unpaired) electrons. The zero-order valence-electron chi connectivity index (χ0n) is 11.8. The molecule has 4 heteroatoms. The Kier molecular flexibility index (Phi) is 3.87. The van der Waals surface area contributed by atoms with E-state index < -0.39 is 0 Å². The van der Waals surface area contributed by atoms with Crippen molar-refractivity contribution in [3.63, 3.8) is 0 Å². The Hall–Kier alpha value is -1.22. The van der Waals surface area contributed by atoms with Crippen LogP contribution < -0.4 is 10.5 Å². The molecule has 0 bridgehead atoms. The molecule has 2 nitrogen and oxygen atoms in total. The average molecular weight is 322 g/mol. The summed E-state index contributed by atoms with van der Waals surface area (Å²) in [4.78, 5) is 0. The second kappa shape index (κ2) is 5.53. The van der Waals surface area contributed by atoms with Crippen molar-refractivity contribution in [2.45, 2.75) is 24.3 Å². The lowest BCUT2D eigenvalue weighted by Crippen LogP contribution is -2.26. The number of ether oxygens (including phenoxy) is 1. The van der Waals surface area contributed by atoms with Gasteiger partial charge in [-0.15, -0.1) is 0 Å². The maximum absolute atomic E-state index is 6.54. The summed E-state index contributed by atoms with van der Waals surface area (Å²) in [5.41, 5.74) is 8.66. The van der Waals surface area contributed by atoms with Crippen LogP contribution in [0.1, 0.15) is 30.0 Å². The molecule has 0 amide bonds. The lowest BCUT2D eigenvalue weighted by molar-refractivity contribution is 0.414. The summed E-state index contributed by atoms with van der Waals surface area (Å²) in [6.07, 6.45) is 2.14. The summed E-state index contributed by atoms with van der Waals surface area (Å²) in [6.45, 7) is 0. The van der Waals surface area contributed by atoms with Crippen molar-refractivity contribution in [3.8, 4) is 5.75 Å². The predicted molar refractivity (Wildman–Crippen MR) is 87.3 cm³/mol. The van der Waals surface area contributed by atoms with Gasteiger partial charge in [0.2, 0.25) is 0 Å². The SMILES string of the molecule is COc1cc(Cl)c(C(N)C2(c3ccccc3)CC2)cc1Cl. The molecule has 0 aliphatic heterocycles. The number of nitrogens with two attached hydrogens (primary N) is 1. The number of hydrogen-bond donors (Lipinski definition) is 1. The summed E-state index contributed by atoms with van der Waals surface area (Å²) < 4.78 is 5.19. The van der Waals surface area contributed by atoms with Crippen LogP contribution in [0.2, 0.25) is 10.0 Å². The Morgan fingerprint density at radius 2 is 1.76 bits per heavy atom. The van der Waals surface area contributed by atoms with E-state index in [4.69, 9.17) is 33.7 Å². The third-order valence-electron chi connectivity index (χ3n) is 4.34. The first-order chi connectivity index (χ1) is 10.1. The van der Waals surface area contributed by atoms with Crippen LogP contribution in [0.25, 0.3) is 0 Å². The zero-order valence-corrected chi connectivity index (χ0v) is 13.3. The Balaban J connectivity index is 2.00. The monoisotopic (exact) mass is 321 g/mol. The van der Waals surface area contributed by atoms with Crippen molar-refractivity contribution < 1.29 is 4.74 Å². The van der Waals surface area contributed by atoms with E-state index in [-0.39, 0.29) is 11.5 Å². The largest absolute Gasteiger partial charge is 0.495 e. The highest BCUT2D eigenvalue weighted by atomic mass is 35.5. The first-order valence-corrected chi connectivity index (χ1v) is 7.68. The first kappa shape index (κ1) is 14.7. The molecule has 1 saturated carbocycles. The highest BCUT2D eigenvalue weighted by molar-refractivity contribution is 6.34. The highest BCUT2D eigenvalue weighted by Crippen LogP contribution is 2.56. The lowest BCUT2D eigenvalue weighted by atomic mass is 9.84. The predicted octanol–water partition coefficient (Wildman–Crippen LogP) is 4.73. The molecule has 2 N–H and O–H groups in total. The Bertz CT molecular complexity index is 653. The third kappa shape index (κ3) is 2.52. The average Bonchev–Trinajstić information content (AvgIpc) is 3.31. The van der Waals surface area contributed by atoms with Gasteiger partial charge in [-0.2, -0.15) is 0 Å². The second-order valence-corrected chi connectivity index (χ2v) is 6.32. The maximum Gasteiger partial charge on any atom is 0.138 e. The van der Waals surface area contributed by atoms with Gasteiger partial charge in [-0.3, -0.25) is 0 Å². The van der Waals surface area contributed by atoms with Gasteiger partial charge < -0.3 is 10.5 Å². The molecule has 21 heavy (non-hydrogen) atoms. The Morgan fingerprint density at radius 1 is 1.10 bits per heavy atom. The van der Waals surface area contributed by atoms with Gasteiger partial charge in [0.25, 0.3) is 0 Å². The Morgan fingerprint density at radius 3 is 2.33 bits per heavy atom. The summed E-state index contributed by atoms with van der Waals surface area (Å²) in [5, 5.41) is 1.14. The molecule has 0 saturated heterocycles. The molecule has 2 aromatic carbocycles. The fraction of sp³-hybridized carbons (Fsp3) is 0.294. The van der Waals surface area contributed by atoms with Crippen LogP contribution in [0.5, 0.6) is 5.75 Å². The molecular formula is C17H17Cl2NO. The van der Waals surface area contributed by atoms with E-state index in [0.717, 1.165) is 18.4 Å². The molecule has 1 fully saturated rings. The molecular weight excluding hydrogens is 305 g/mol. The summed E-state index contributed by atoms with van der Waals surface area (Å²) in [7, 11) is 1.57. The standard InChI is InChI=1S/C17H17Cl2NO/c1-21-15-10-13(18)12(9-14(15)19)16(20)17(7-8-17)11-5-3-2-4-6-11/h2-6,9-10,16H,7-8,20H2,1H3. The van der Waals surface area contributed by atoms with Crippen molar-refractivity contribution in [2.75, 3.05) is 7.11 Å². The van der Waals surface area contributed by atoms with Gasteiger partial charge in [-0.1, -0.05) is 53.5 Å². The minimum absolute atomic E-state index is 0.0250. The van der Waals surface area contributed by atoms with Gasteiger partial charge in [0.15, 0.2) is 0 Å². The molecule has 3 rings (SSSR count). The van der Waals surface area contributed by atoms with Crippen LogP contribution in [0.3, 0.4) is 0 Å². The van der Waals surface area contributed by atoms with Gasteiger partial charge in [-0.05, 0) is 30.0 Å². The number of benzene rings is 2. The quantitative estimate of drug-likeness (QED) is 0.883. The minimum Gasteiger partial charge on any atom is -0.495 e. The van der Waals surface area contributed by atoms with Crippen LogP contribution >= 0.6 is 23.2 Å². The Labute approximate surface area is 134 Å². The van der Waals surface area contributed by atoms with Gasteiger partial charge >= 0.3 is 0 Å². The van der Waals surface area contributed by atoms with Gasteiger partial charge in [0.05, 0.1) is 12.1 Å². The van der Waals surface area contributed by atoms with Crippen LogP contribution in [-0.4, -0.2) is 7.11 Å². The van der Waals surface area contributed by atoms with Crippen LogP contribution in [0.4, 0.5) is 0 Å². The topological polar surface area (TPSA) is 35.2 Å². The fourth-order valence-corrected chi connectivity index (χ4v) is 3.44. The van der Waals surface area contributed by atoms with E-state index in [2.05, 4.69) is 12.1 Å². The smallest absolute Gasteiger partial charge is 0.138 e. The van der Waals surface area contributed by atoms with Gasteiger partial charge in [-0.25, -0.2) is 0 Å². The molecule has 1 unspecified atom stereocenters. The van der Waals surface area contributed by atoms with E-state index >= 15 is 0 Å². The lowest BCUT2D eigenvalue weighted by Gasteiger charge is -2.25. The molecule has 1 aliphatic carbocycles. The molecule has 0 aromatic heterocycles. The molecule has 1 atom stereocenters. The molecule has 0 spiro atoms. The second-order valence-electron chi connectivity index (χ2n) is 5.51. The fourth-order valence-electron chi connectivity index (χ4n) is 2.92. The maximum atomic E-state index is 6.54. The normalized spacial score (nSPS) is 17.3. The zero-order chi connectivity index (χ0) is 15.0. The van der Waals surface area contributed by atoms with Crippen molar-refractivity contribution in [1.29, 1.82) is 0 Å². The number of hydrogen-bond acceptors (Lipinski definition) is 2. The van der Waals surface area contributed by atoms with E-state index in [9.17, 15) is 0 Å². The summed E-state index contributed by atoms with van der Waals surface area (Å²) in [5.74, 6) is 0.571. The molecule has 1 aliphatic rings. The van der Waals surface area contributed by atoms with Crippen LogP contribution in [0, 0.1) is 0 Å². The van der Waals surface area contributed by atoms with Gasteiger partial charge in [0.1, 0.15) is 5.75 Å². The van der Waals surface area contributed by atoms with Crippen molar-refractivity contribution in [1.82, 2.24) is 0 Å². The minimum atomic E-state index is -0.171. The van der Waals surface area contributed by atoms with Crippen molar-refractivity contribution in [3.05, 3.63) is 63.6 Å². The molecule has 0 heterocycles. The van der Waals surface area contributed by atoms with E-state index in [1.54, 1.807) is 13.2 Å². The molecule has 2 aromatic rings. The van der Waals surface area contributed by atoms with Crippen molar-refractivity contribution >= 4 is 23.2 Å². The van der Waals surface area contributed by atoms with E-state index in [1.165, 1.54) is 5.56 Å². The third-order valence-corrected chi connectivity index (χ3v) is 4.96. The van der Waals surface area contributed by atoms with Gasteiger partial charge in [0, 0.05) is 22.5 Å². The van der Waals surface area contributed by atoms with Crippen molar-refractivity contribution in [2.24, 2.45) is 5.73 Å². The highest BCUT2D eigenvalue weighted by Gasteiger charge is 2.50. The number of halogens is 2. The van der Waals surface area contributed by atoms with E-state index in [1.807, 2.05) is 24.3 Å². The van der Waals surface area contributed by atoms with E-state index in [0.29, 0.717) is 15.8 Å². The summed E-state index contributed by atoms with van der Waals surface area (Å²) in [6, 6.07) is 13.8. The van der Waals surface area contributed by atoms with Crippen LogP contribution in [-0.2, 0) is 5.41 Å². The summed E-state index contributed by atoms with van der Waals surface area (Å²) >= 11 is 12.6. The van der Waals surface area contributed by atoms with Crippen LogP contribution in [0.15, 0.2) is 42.5 Å².